The van der Waals surface area contributed by atoms with Gasteiger partial charge in [-0.2, -0.15) is 0 Å². The lowest BCUT2D eigenvalue weighted by Gasteiger charge is -2.21. The highest BCUT2D eigenvalue weighted by Crippen LogP contribution is 2.45. The number of ether oxygens (including phenoxy) is 4. The van der Waals surface area contributed by atoms with Crippen LogP contribution in [0.25, 0.3) is 0 Å². The van der Waals surface area contributed by atoms with Crippen molar-refractivity contribution in [1.82, 2.24) is 0 Å². The Hall–Kier alpha value is -4.28. The van der Waals surface area contributed by atoms with Crippen LogP contribution >= 0.6 is 15.6 Å². The molecule has 540 valence electrons. The Morgan fingerprint density at radius 2 is 0.596 bits per heavy atom. The monoisotopic (exact) mass is 1360 g/mol. The summed E-state index contributed by atoms with van der Waals surface area (Å²) >= 11 is 0. The van der Waals surface area contributed by atoms with Gasteiger partial charge in [0.05, 0.1) is 32.8 Å². The summed E-state index contributed by atoms with van der Waals surface area (Å²) in [5.74, 6) is -2.35. The van der Waals surface area contributed by atoms with Gasteiger partial charge in [-0.05, 0) is 109 Å². The zero-order valence-corrected chi connectivity index (χ0v) is 60.4. The van der Waals surface area contributed by atoms with Crippen LogP contribution in [0.1, 0.15) is 285 Å². The molecule has 0 saturated carbocycles. The third kappa shape index (κ3) is 66.3. The van der Waals surface area contributed by atoms with E-state index in [2.05, 4.69) is 113 Å². The van der Waals surface area contributed by atoms with Crippen LogP contribution in [0.2, 0.25) is 0 Å². The summed E-state index contributed by atoms with van der Waals surface area (Å²) in [6.45, 7) is 4.47. The zero-order chi connectivity index (χ0) is 69.0. The predicted octanol–water partition coefficient (Wildman–Crippen LogP) is 20.2. The van der Waals surface area contributed by atoms with E-state index < -0.39 is 97.5 Å². The van der Waals surface area contributed by atoms with Gasteiger partial charge in [0.1, 0.15) is 19.3 Å². The lowest BCUT2D eigenvalue weighted by molar-refractivity contribution is -0.161. The normalized spacial score (nSPS) is 14.7. The molecule has 0 aromatic rings. The second-order valence-electron chi connectivity index (χ2n) is 23.8. The van der Waals surface area contributed by atoms with E-state index in [9.17, 15) is 43.2 Å². The molecule has 0 aliphatic carbocycles. The summed E-state index contributed by atoms with van der Waals surface area (Å²) in [6.07, 6.45) is 69.8. The molecule has 17 nitrogen and oxygen atoms in total. The van der Waals surface area contributed by atoms with E-state index in [4.69, 9.17) is 37.0 Å². The van der Waals surface area contributed by atoms with Crippen molar-refractivity contribution in [3.05, 3.63) is 109 Å². The fourth-order valence-electron chi connectivity index (χ4n) is 9.30. The fourth-order valence-corrected chi connectivity index (χ4v) is 10.9. The molecule has 0 heterocycles. The van der Waals surface area contributed by atoms with Crippen LogP contribution in [0.5, 0.6) is 0 Å². The van der Waals surface area contributed by atoms with Crippen molar-refractivity contribution in [2.75, 3.05) is 39.6 Å². The molecule has 0 rings (SSSR count). The van der Waals surface area contributed by atoms with Gasteiger partial charge in [0.2, 0.25) is 0 Å². The van der Waals surface area contributed by atoms with Gasteiger partial charge in [-0.25, -0.2) is 9.13 Å². The van der Waals surface area contributed by atoms with Gasteiger partial charge in [0, 0.05) is 19.3 Å². The number of unbranched alkanes of at least 4 members (excludes halogenated alkanes) is 24. The van der Waals surface area contributed by atoms with Gasteiger partial charge < -0.3 is 33.8 Å². The van der Waals surface area contributed by atoms with E-state index in [0.717, 1.165) is 141 Å². The maximum absolute atomic E-state index is 13.0. The average Bonchev–Trinajstić information content (AvgIpc) is 1.36. The molecule has 19 heteroatoms. The van der Waals surface area contributed by atoms with E-state index >= 15 is 0 Å². The first-order chi connectivity index (χ1) is 45.7. The number of rotatable bonds is 67. The molecular formula is C75H128O17P2. The number of carbonyl (C=O) groups is 4. The minimum Gasteiger partial charge on any atom is -0.462 e. The maximum Gasteiger partial charge on any atom is 0.472 e. The number of hydrogen-bond acceptors (Lipinski definition) is 15. The molecule has 0 aliphatic rings. The summed E-state index contributed by atoms with van der Waals surface area (Å²) in [4.78, 5) is 72.6. The van der Waals surface area contributed by atoms with Gasteiger partial charge in [-0.15, -0.1) is 0 Å². The topological polar surface area (TPSA) is 237 Å². The summed E-state index contributed by atoms with van der Waals surface area (Å²) in [5.41, 5.74) is 0. The predicted molar refractivity (Wildman–Crippen MR) is 381 cm³/mol. The first-order valence-electron chi connectivity index (χ1n) is 36.1. The van der Waals surface area contributed by atoms with Crippen molar-refractivity contribution in [1.29, 1.82) is 0 Å². The van der Waals surface area contributed by atoms with Crippen molar-refractivity contribution < 1.29 is 80.2 Å². The molecule has 94 heavy (non-hydrogen) atoms. The first kappa shape index (κ1) is 89.7. The van der Waals surface area contributed by atoms with Crippen LogP contribution in [-0.4, -0.2) is 96.7 Å². The van der Waals surface area contributed by atoms with Crippen molar-refractivity contribution >= 4 is 39.5 Å². The lowest BCUT2D eigenvalue weighted by Crippen LogP contribution is -2.30. The summed E-state index contributed by atoms with van der Waals surface area (Å²) in [5, 5.41) is 10.6. The van der Waals surface area contributed by atoms with Gasteiger partial charge in [-0.3, -0.25) is 37.3 Å². The Morgan fingerprint density at radius 1 is 0.319 bits per heavy atom. The van der Waals surface area contributed by atoms with Crippen molar-refractivity contribution in [2.24, 2.45) is 0 Å². The number of hydrogen-bond donors (Lipinski definition) is 3. The molecule has 5 atom stereocenters. The lowest BCUT2D eigenvalue weighted by atomic mass is 10.1. The van der Waals surface area contributed by atoms with Crippen LogP contribution in [0.4, 0.5) is 0 Å². The van der Waals surface area contributed by atoms with E-state index in [1.165, 1.54) is 64.2 Å². The maximum atomic E-state index is 13.0. The number of allylic oxidation sites excluding steroid dienone is 17. The smallest absolute Gasteiger partial charge is 0.462 e. The van der Waals surface area contributed by atoms with E-state index in [0.29, 0.717) is 25.7 Å². The highest BCUT2D eigenvalue weighted by molar-refractivity contribution is 7.47. The molecular weight excluding hydrogens is 1230 g/mol. The highest BCUT2D eigenvalue weighted by Gasteiger charge is 2.30. The molecule has 0 bridgehead atoms. The molecule has 0 fully saturated rings. The summed E-state index contributed by atoms with van der Waals surface area (Å²) < 4.78 is 68.1. The van der Waals surface area contributed by atoms with Gasteiger partial charge >= 0.3 is 39.5 Å². The van der Waals surface area contributed by atoms with E-state index in [-0.39, 0.29) is 25.7 Å². The summed E-state index contributed by atoms with van der Waals surface area (Å²) in [6, 6.07) is 0. The van der Waals surface area contributed by atoms with Crippen LogP contribution in [0.3, 0.4) is 0 Å². The molecule has 0 aromatic heterocycles. The van der Waals surface area contributed by atoms with Gasteiger partial charge in [-0.1, -0.05) is 259 Å². The number of aliphatic hydroxyl groups is 1. The minimum atomic E-state index is -4.99. The highest BCUT2D eigenvalue weighted by atomic mass is 31.2. The summed E-state index contributed by atoms with van der Waals surface area (Å²) in [7, 11) is -9.97. The Kier molecular flexibility index (Phi) is 64.2. The quantitative estimate of drug-likeness (QED) is 0.0169. The Morgan fingerprint density at radius 3 is 0.968 bits per heavy atom. The van der Waals surface area contributed by atoms with Crippen LogP contribution in [0.15, 0.2) is 109 Å². The van der Waals surface area contributed by atoms with E-state index in [1.807, 2.05) is 18.2 Å². The van der Waals surface area contributed by atoms with Crippen LogP contribution in [-0.2, 0) is 65.4 Å². The van der Waals surface area contributed by atoms with E-state index in [1.54, 1.807) is 6.08 Å². The molecule has 0 saturated heterocycles. The zero-order valence-electron chi connectivity index (χ0n) is 58.6. The number of esters is 4. The van der Waals surface area contributed by atoms with Crippen LogP contribution < -0.4 is 0 Å². The molecule has 0 spiro atoms. The number of aliphatic hydroxyl groups excluding tert-OH is 1. The SMILES string of the molecule is CC/C=C\C/C=C\C/C=C\C/C=C\C/C=C\CC(=O)OCC(COP(=O)(O)OCC(O)COP(=O)(O)OCC(COC(=O)CCCCCCC/C=C\CCCCCC)OC(=O)CCCCCCCCCCCCC)OC(=O)CCCCCCC/C=C\C/C=C\C/C=C\CC. The molecule has 3 N–H and O–H groups in total. The third-order valence-electron chi connectivity index (χ3n) is 14.8. The number of carbonyl (C=O) groups excluding carboxylic acids is 4. The van der Waals surface area contributed by atoms with Crippen molar-refractivity contribution in [3.63, 3.8) is 0 Å². The minimum absolute atomic E-state index is 0.0546. The number of phosphoric ester groups is 2. The van der Waals surface area contributed by atoms with Gasteiger partial charge in [0.25, 0.3) is 0 Å². The average molecular weight is 1360 g/mol. The molecule has 5 unspecified atom stereocenters. The Balaban J connectivity index is 5.41. The second kappa shape index (κ2) is 67.3. The molecule has 0 aliphatic heterocycles. The Labute approximate surface area is 569 Å². The second-order valence-corrected chi connectivity index (χ2v) is 26.7. The molecule has 0 radical (unpaired) electrons. The molecule has 0 aromatic carbocycles. The first-order valence-corrected chi connectivity index (χ1v) is 39.1. The van der Waals surface area contributed by atoms with Crippen molar-refractivity contribution in [3.8, 4) is 0 Å². The van der Waals surface area contributed by atoms with Crippen molar-refractivity contribution in [2.45, 2.75) is 303 Å². The fraction of sp³-hybridized carbons (Fsp3) is 0.707. The largest absolute Gasteiger partial charge is 0.472 e. The molecule has 0 amide bonds. The third-order valence-corrected chi connectivity index (χ3v) is 16.7. The Bertz CT molecular complexity index is 2220. The number of phosphoric acid groups is 2. The standard InChI is InChI=1S/C75H128O17P2/c1-5-9-13-17-21-25-29-32-34-37-41-44-48-52-56-60-73(78)86-66-71(92-75(80)62-58-54-50-46-42-38-35-33-30-26-22-18-14-10-6-2)68-90-94(83,84)88-64-69(76)63-87-93(81,82)89-67-70(91-74(79)61-57-53-49-45-39-28-24-20-16-12-8-4)65-85-72(77)59-55-51-47-43-40-36-31-27-23-19-15-11-7-3/h9-10,13-14,21-22,25-27,31-35,41,44,52,56,69-71,76H,5-8,11-12,15-20,23-24,28-30,36-40,42-43,45-51,53-55,57-68H2,1-4H3,(H,81,82)(H,83,84)/b13-9-,14-10-,25-21-,26-22-,31-27-,34-32-,35-33-,44-41-,56-52-. The van der Waals surface area contributed by atoms with Crippen LogP contribution in [0, 0.1) is 0 Å². The van der Waals surface area contributed by atoms with Gasteiger partial charge in [0.15, 0.2) is 12.2 Å².